The molecular formula is C17H23N5O. The highest BCUT2D eigenvalue weighted by atomic mass is 16.3. The molecule has 0 aliphatic heterocycles. The minimum absolute atomic E-state index is 0.0502. The first-order chi connectivity index (χ1) is 11.3. The van der Waals surface area contributed by atoms with Crippen LogP contribution in [0.2, 0.25) is 0 Å². The molecular weight excluding hydrogens is 290 g/mol. The van der Waals surface area contributed by atoms with Crippen molar-refractivity contribution in [3.05, 3.63) is 30.0 Å². The molecule has 0 saturated heterocycles. The zero-order valence-electron chi connectivity index (χ0n) is 13.5. The number of rotatable bonds is 5. The molecule has 1 aliphatic carbocycles. The molecule has 1 saturated carbocycles. The van der Waals surface area contributed by atoms with Crippen LogP contribution in [0.5, 0.6) is 0 Å². The van der Waals surface area contributed by atoms with Crippen molar-refractivity contribution < 1.29 is 5.11 Å². The Morgan fingerprint density at radius 1 is 1.17 bits per heavy atom. The van der Waals surface area contributed by atoms with Gasteiger partial charge in [0.15, 0.2) is 0 Å². The van der Waals surface area contributed by atoms with Gasteiger partial charge in [-0.3, -0.25) is 0 Å². The lowest BCUT2D eigenvalue weighted by Crippen LogP contribution is -2.11. The molecule has 1 aliphatic rings. The molecule has 2 aromatic rings. The van der Waals surface area contributed by atoms with Crippen LogP contribution in [0.25, 0.3) is 11.3 Å². The summed E-state index contributed by atoms with van der Waals surface area (Å²) in [6.45, 7) is 2.42. The maximum absolute atomic E-state index is 8.92. The maximum Gasteiger partial charge on any atom is 0.223 e. The monoisotopic (exact) mass is 313 g/mol. The van der Waals surface area contributed by atoms with Gasteiger partial charge in [-0.05, 0) is 25.8 Å². The van der Waals surface area contributed by atoms with E-state index in [9.17, 15) is 0 Å². The van der Waals surface area contributed by atoms with Crippen LogP contribution in [-0.4, -0.2) is 38.2 Å². The molecule has 0 radical (unpaired) electrons. The van der Waals surface area contributed by atoms with Crippen molar-refractivity contribution in [2.45, 2.75) is 44.9 Å². The Labute approximate surface area is 136 Å². The van der Waals surface area contributed by atoms with E-state index in [1.54, 1.807) is 6.20 Å². The van der Waals surface area contributed by atoms with E-state index in [4.69, 9.17) is 10.1 Å². The first-order valence-corrected chi connectivity index (χ1v) is 8.29. The van der Waals surface area contributed by atoms with Crippen LogP contribution in [-0.2, 0) is 0 Å². The zero-order valence-corrected chi connectivity index (χ0v) is 13.5. The smallest absolute Gasteiger partial charge is 0.223 e. The third-order valence-corrected chi connectivity index (χ3v) is 4.26. The highest BCUT2D eigenvalue weighted by Gasteiger charge is 2.22. The van der Waals surface area contributed by atoms with Gasteiger partial charge in [0.05, 0.1) is 18.0 Å². The predicted octanol–water partition coefficient (Wildman–Crippen LogP) is 2.69. The third-order valence-electron chi connectivity index (χ3n) is 4.26. The number of nitrogens with zero attached hydrogens (tertiary/aromatic N) is 4. The van der Waals surface area contributed by atoms with E-state index in [0.29, 0.717) is 18.4 Å². The van der Waals surface area contributed by atoms with Gasteiger partial charge in [0.1, 0.15) is 5.82 Å². The van der Waals surface area contributed by atoms with Gasteiger partial charge in [0, 0.05) is 30.4 Å². The summed E-state index contributed by atoms with van der Waals surface area (Å²) in [6.07, 6.45) is 9.82. The molecule has 23 heavy (non-hydrogen) atoms. The van der Waals surface area contributed by atoms with E-state index in [-0.39, 0.29) is 6.61 Å². The van der Waals surface area contributed by atoms with E-state index in [1.165, 1.54) is 32.1 Å². The van der Waals surface area contributed by atoms with E-state index in [2.05, 4.69) is 20.3 Å². The SMILES string of the molecule is Cc1ncc(-c2ccnc(NCCO)n2)c(C2CCCCC2)n1. The first kappa shape index (κ1) is 15.8. The number of aryl methyl sites for hydroxylation is 1. The second kappa shape index (κ2) is 7.46. The molecule has 2 N–H and O–H groups in total. The van der Waals surface area contributed by atoms with Gasteiger partial charge in [-0.25, -0.2) is 19.9 Å². The molecule has 0 amide bonds. The standard InChI is InChI=1S/C17H23N5O/c1-12-20-11-14(16(21-12)13-5-3-2-4-6-13)15-7-8-18-17(22-15)19-9-10-23/h7-8,11,13,23H,2-6,9-10H2,1H3,(H,18,19,22). The number of aliphatic hydroxyl groups is 1. The van der Waals surface area contributed by atoms with Crippen molar-refractivity contribution in [1.82, 2.24) is 19.9 Å². The summed E-state index contributed by atoms with van der Waals surface area (Å²) in [5.41, 5.74) is 2.95. The Kier molecular flexibility index (Phi) is 5.12. The summed E-state index contributed by atoms with van der Waals surface area (Å²) < 4.78 is 0. The maximum atomic E-state index is 8.92. The Morgan fingerprint density at radius 2 is 2.00 bits per heavy atom. The number of aromatic nitrogens is 4. The van der Waals surface area contributed by atoms with Crippen molar-refractivity contribution in [1.29, 1.82) is 0 Å². The minimum atomic E-state index is 0.0502. The first-order valence-electron chi connectivity index (χ1n) is 8.29. The normalized spacial score (nSPS) is 15.6. The van der Waals surface area contributed by atoms with Gasteiger partial charge in [-0.2, -0.15) is 0 Å². The molecule has 122 valence electrons. The highest BCUT2D eigenvalue weighted by molar-refractivity contribution is 5.62. The van der Waals surface area contributed by atoms with Crippen molar-refractivity contribution in [2.24, 2.45) is 0 Å². The van der Waals surface area contributed by atoms with Crippen molar-refractivity contribution in [3.63, 3.8) is 0 Å². The van der Waals surface area contributed by atoms with Crippen LogP contribution < -0.4 is 5.32 Å². The summed E-state index contributed by atoms with van der Waals surface area (Å²) in [4.78, 5) is 17.8. The molecule has 0 bridgehead atoms. The summed E-state index contributed by atoms with van der Waals surface area (Å²) in [5, 5.41) is 11.9. The van der Waals surface area contributed by atoms with Crippen LogP contribution >= 0.6 is 0 Å². The lowest BCUT2D eigenvalue weighted by molar-refractivity contribution is 0.311. The molecule has 2 heterocycles. The summed E-state index contributed by atoms with van der Waals surface area (Å²) >= 11 is 0. The Balaban J connectivity index is 1.95. The third kappa shape index (κ3) is 3.82. The fourth-order valence-corrected chi connectivity index (χ4v) is 3.13. The van der Waals surface area contributed by atoms with Gasteiger partial charge in [0.25, 0.3) is 0 Å². The lowest BCUT2D eigenvalue weighted by Gasteiger charge is -2.23. The fraction of sp³-hybridized carbons (Fsp3) is 0.529. The summed E-state index contributed by atoms with van der Waals surface area (Å²) in [5.74, 6) is 1.82. The van der Waals surface area contributed by atoms with Crippen molar-refractivity contribution >= 4 is 5.95 Å². The molecule has 6 nitrogen and oxygen atoms in total. The number of nitrogens with one attached hydrogen (secondary N) is 1. The van der Waals surface area contributed by atoms with E-state index in [1.807, 2.05) is 19.2 Å². The Morgan fingerprint density at radius 3 is 2.78 bits per heavy atom. The van der Waals surface area contributed by atoms with Gasteiger partial charge >= 0.3 is 0 Å². The van der Waals surface area contributed by atoms with Crippen LogP contribution in [0.3, 0.4) is 0 Å². The number of aliphatic hydroxyl groups excluding tert-OH is 1. The average Bonchev–Trinajstić information content (AvgIpc) is 2.61. The Bertz CT molecular complexity index is 655. The van der Waals surface area contributed by atoms with Crippen LogP contribution in [0, 0.1) is 6.92 Å². The predicted molar refractivity (Wildman–Crippen MR) is 89.2 cm³/mol. The topological polar surface area (TPSA) is 83.8 Å². The number of anilines is 1. The van der Waals surface area contributed by atoms with Crippen LogP contribution in [0.4, 0.5) is 5.95 Å². The number of hydrogen-bond acceptors (Lipinski definition) is 6. The Hall–Kier alpha value is -2.08. The van der Waals surface area contributed by atoms with Gasteiger partial charge in [-0.1, -0.05) is 19.3 Å². The van der Waals surface area contributed by atoms with E-state index < -0.39 is 0 Å². The zero-order chi connectivity index (χ0) is 16.1. The second-order valence-corrected chi connectivity index (χ2v) is 5.97. The van der Waals surface area contributed by atoms with Gasteiger partial charge in [0.2, 0.25) is 5.95 Å². The minimum Gasteiger partial charge on any atom is -0.395 e. The summed E-state index contributed by atoms with van der Waals surface area (Å²) in [7, 11) is 0. The van der Waals surface area contributed by atoms with Crippen molar-refractivity contribution in [2.75, 3.05) is 18.5 Å². The van der Waals surface area contributed by atoms with Gasteiger partial charge < -0.3 is 10.4 Å². The lowest BCUT2D eigenvalue weighted by atomic mass is 9.85. The molecule has 0 spiro atoms. The molecule has 0 unspecified atom stereocenters. The average molecular weight is 313 g/mol. The quantitative estimate of drug-likeness (QED) is 0.883. The summed E-state index contributed by atoms with van der Waals surface area (Å²) in [6, 6.07) is 1.89. The van der Waals surface area contributed by atoms with Crippen molar-refractivity contribution in [3.8, 4) is 11.3 Å². The van der Waals surface area contributed by atoms with E-state index in [0.717, 1.165) is 22.8 Å². The second-order valence-electron chi connectivity index (χ2n) is 5.97. The molecule has 0 atom stereocenters. The van der Waals surface area contributed by atoms with Crippen LogP contribution in [0.1, 0.15) is 49.5 Å². The molecule has 6 heteroatoms. The van der Waals surface area contributed by atoms with Crippen LogP contribution in [0.15, 0.2) is 18.5 Å². The highest BCUT2D eigenvalue weighted by Crippen LogP contribution is 2.36. The molecule has 0 aromatic carbocycles. The molecule has 1 fully saturated rings. The van der Waals surface area contributed by atoms with E-state index >= 15 is 0 Å². The fourth-order valence-electron chi connectivity index (χ4n) is 3.13. The number of hydrogen-bond donors (Lipinski definition) is 2. The molecule has 2 aromatic heterocycles. The van der Waals surface area contributed by atoms with Gasteiger partial charge in [-0.15, -0.1) is 0 Å². The largest absolute Gasteiger partial charge is 0.395 e. The molecule has 3 rings (SSSR count).